The molecule has 0 fully saturated rings. The van der Waals surface area contributed by atoms with Crippen LogP contribution in [0.2, 0.25) is 0 Å². The first kappa shape index (κ1) is 8.10. The normalized spacial score (nSPS) is 13.5. The largest absolute Gasteiger partial charge is 0.477 e. The zero-order valence-corrected chi connectivity index (χ0v) is 7.66. The molecule has 1 aromatic rings. The van der Waals surface area contributed by atoms with Crippen LogP contribution in [-0.4, -0.2) is 21.0 Å². The first-order valence-electron chi connectivity index (χ1n) is 3.96. The van der Waals surface area contributed by atoms with E-state index in [1.54, 1.807) is 0 Å². The van der Waals surface area contributed by atoms with Crippen LogP contribution < -0.4 is 4.84 Å². The van der Waals surface area contributed by atoms with Crippen molar-refractivity contribution in [2.24, 2.45) is 0 Å². The zero-order valence-electron chi connectivity index (χ0n) is 7.66. The van der Waals surface area contributed by atoms with E-state index in [1.807, 2.05) is 20.8 Å². The second-order valence-electron chi connectivity index (χ2n) is 4.05. The number of nitrogens with zero attached hydrogens (tertiary/aromatic N) is 2. The van der Waals surface area contributed by atoms with E-state index in [0.717, 1.165) is 0 Å². The summed E-state index contributed by atoms with van der Waals surface area (Å²) < 4.78 is 0. The van der Waals surface area contributed by atoms with E-state index in [4.69, 9.17) is 9.94 Å². The van der Waals surface area contributed by atoms with Gasteiger partial charge in [0.1, 0.15) is 0 Å². The summed E-state index contributed by atoms with van der Waals surface area (Å²) >= 11 is 0. The maximum absolute atomic E-state index is 10.9. The Bertz CT molecular complexity index is 387. The monoisotopic (exact) mass is 182 g/mol. The lowest BCUT2D eigenvalue weighted by Crippen LogP contribution is -2.18. The maximum Gasteiger partial charge on any atom is 0.343 e. The summed E-state index contributed by atoms with van der Waals surface area (Å²) in [6.45, 7) is 5.75. The minimum atomic E-state index is -0.983. The number of hydrogen-bond acceptors (Lipinski definition) is 3. The Hall–Kier alpha value is -1.52. The Morgan fingerprint density at radius 2 is 2.15 bits per heavy atom. The number of aromatic carboxylic acids is 1. The predicted octanol–water partition coefficient (Wildman–Crippen LogP) is 1.03. The molecule has 13 heavy (non-hydrogen) atoms. The Morgan fingerprint density at radius 1 is 1.54 bits per heavy atom. The molecule has 0 bridgehead atoms. The first-order chi connectivity index (χ1) is 5.91. The van der Waals surface area contributed by atoms with E-state index in [-0.39, 0.29) is 11.0 Å². The molecule has 0 aliphatic carbocycles. The molecule has 2 heterocycles. The van der Waals surface area contributed by atoms with Crippen molar-refractivity contribution in [1.82, 2.24) is 9.94 Å². The van der Waals surface area contributed by atoms with Crippen LogP contribution in [0.5, 0.6) is 5.88 Å². The van der Waals surface area contributed by atoms with Gasteiger partial charge < -0.3 is 9.94 Å². The standard InChI is InChI=1S/C8H10N2O3/c1-8(2,3)5-4(7(11)12)6-10(9-5)13-6/h1-3H3,(H,11,12). The van der Waals surface area contributed by atoms with Gasteiger partial charge in [-0.15, -0.1) is 5.10 Å². The van der Waals surface area contributed by atoms with Crippen LogP contribution in [0.4, 0.5) is 0 Å². The van der Waals surface area contributed by atoms with Crippen molar-refractivity contribution in [1.29, 1.82) is 0 Å². The molecule has 0 atom stereocenters. The molecule has 1 aromatic heterocycles. The summed E-state index contributed by atoms with van der Waals surface area (Å²) in [6.07, 6.45) is 0. The fourth-order valence-electron chi connectivity index (χ4n) is 1.23. The number of carbonyl (C=O) groups is 1. The van der Waals surface area contributed by atoms with Gasteiger partial charge in [-0.3, -0.25) is 0 Å². The molecule has 1 aliphatic heterocycles. The van der Waals surface area contributed by atoms with Gasteiger partial charge in [-0.2, -0.15) is 0 Å². The molecule has 0 saturated heterocycles. The second kappa shape index (κ2) is 2.04. The van der Waals surface area contributed by atoms with E-state index < -0.39 is 5.97 Å². The molecule has 0 saturated carbocycles. The molecule has 0 aromatic carbocycles. The average Bonchev–Trinajstić information content (AvgIpc) is 2.58. The molecule has 0 unspecified atom stereocenters. The van der Waals surface area contributed by atoms with E-state index in [2.05, 4.69) is 5.10 Å². The Balaban J connectivity index is 2.55. The van der Waals surface area contributed by atoms with Gasteiger partial charge in [0.2, 0.25) is 0 Å². The third-order valence-electron chi connectivity index (χ3n) is 1.88. The molecule has 2 rings (SSSR count). The Kier molecular flexibility index (Phi) is 1.27. The van der Waals surface area contributed by atoms with Crippen molar-refractivity contribution < 1.29 is 14.7 Å². The van der Waals surface area contributed by atoms with Crippen LogP contribution in [0.1, 0.15) is 36.8 Å². The fourth-order valence-corrected chi connectivity index (χ4v) is 1.23. The molecule has 1 aliphatic rings. The number of carboxylic acid groups (broad SMARTS) is 1. The molecule has 0 spiro atoms. The number of aromatic nitrogens is 2. The smallest absolute Gasteiger partial charge is 0.343 e. The van der Waals surface area contributed by atoms with E-state index in [9.17, 15) is 4.79 Å². The number of rotatable bonds is 1. The highest BCUT2D eigenvalue weighted by molar-refractivity contribution is 5.92. The number of fused-ring (bicyclic) bond motifs is 1. The van der Waals surface area contributed by atoms with E-state index >= 15 is 0 Å². The van der Waals surface area contributed by atoms with Crippen molar-refractivity contribution >= 4 is 5.97 Å². The summed E-state index contributed by atoms with van der Waals surface area (Å²) in [4.78, 5) is 16.9. The van der Waals surface area contributed by atoms with Crippen molar-refractivity contribution in [3.05, 3.63) is 11.3 Å². The number of carboxylic acids is 1. The van der Waals surface area contributed by atoms with Gasteiger partial charge in [0.15, 0.2) is 5.56 Å². The highest BCUT2D eigenvalue weighted by atomic mass is 16.8. The predicted molar refractivity (Wildman–Crippen MR) is 43.9 cm³/mol. The van der Waals surface area contributed by atoms with Gasteiger partial charge in [0.05, 0.1) is 5.69 Å². The van der Waals surface area contributed by atoms with Gasteiger partial charge in [0, 0.05) is 5.41 Å². The van der Waals surface area contributed by atoms with Crippen molar-refractivity contribution in [3.8, 4) is 5.88 Å². The van der Waals surface area contributed by atoms with Crippen LogP contribution in [-0.2, 0) is 5.41 Å². The number of hydrogen-bond donors (Lipinski definition) is 1. The molecule has 1 N–H and O–H groups in total. The van der Waals surface area contributed by atoms with Gasteiger partial charge in [0.25, 0.3) is 5.88 Å². The van der Waals surface area contributed by atoms with Crippen molar-refractivity contribution in [2.75, 3.05) is 0 Å². The lowest BCUT2D eigenvalue weighted by atomic mass is 9.89. The van der Waals surface area contributed by atoms with Crippen molar-refractivity contribution in [2.45, 2.75) is 26.2 Å². The molecule has 70 valence electrons. The molecule has 0 amide bonds. The highest BCUT2D eigenvalue weighted by Gasteiger charge is 2.39. The van der Waals surface area contributed by atoms with Crippen LogP contribution in [0.15, 0.2) is 0 Å². The summed E-state index contributed by atoms with van der Waals surface area (Å²) in [7, 11) is 0. The van der Waals surface area contributed by atoms with Crippen LogP contribution in [0.3, 0.4) is 0 Å². The second-order valence-corrected chi connectivity index (χ2v) is 4.05. The van der Waals surface area contributed by atoms with Crippen LogP contribution in [0, 0.1) is 0 Å². The van der Waals surface area contributed by atoms with Crippen molar-refractivity contribution in [3.63, 3.8) is 0 Å². The highest BCUT2D eigenvalue weighted by Crippen LogP contribution is 2.37. The molecule has 5 nitrogen and oxygen atoms in total. The van der Waals surface area contributed by atoms with Gasteiger partial charge >= 0.3 is 5.97 Å². The summed E-state index contributed by atoms with van der Waals surface area (Å²) in [5.74, 6) is -0.624. The van der Waals surface area contributed by atoms with Crippen LogP contribution >= 0.6 is 0 Å². The van der Waals surface area contributed by atoms with Gasteiger partial charge in [-0.1, -0.05) is 25.6 Å². The zero-order chi connectivity index (χ0) is 9.80. The summed E-state index contributed by atoms with van der Waals surface area (Å²) in [5.41, 5.74) is 0.492. The topological polar surface area (TPSA) is 67.7 Å². The summed E-state index contributed by atoms with van der Waals surface area (Å²) in [5, 5.41) is 12.9. The maximum atomic E-state index is 10.9. The lowest BCUT2D eigenvalue weighted by molar-refractivity contribution is 0.0692. The van der Waals surface area contributed by atoms with E-state index in [0.29, 0.717) is 11.6 Å². The SMILES string of the molecule is CC(C)(C)c1nn2c(c1C(=O)O)O2. The Labute approximate surface area is 74.9 Å². The van der Waals surface area contributed by atoms with Gasteiger partial charge in [-0.05, 0) is 0 Å². The molecular weight excluding hydrogens is 172 g/mol. The van der Waals surface area contributed by atoms with E-state index in [1.165, 1.54) is 4.85 Å². The molecule has 5 heteroatoms. The average molecular weight is 182 g/mol. The third-order valence-corrected chi connectivity index (χ3v) is 1.88. The summed E-state index contributed by atoms with van der Waals surface area (Å²) in [6, 6.07) is 0. The Morgan fingerprint density at radius 3 is 2.54 bits per heavy atom. The van der Waals surface area contributed by atoms with Gasteiger partial charge in [-0.25, -0.2) is 4.79 Å². The minimum Gasteiger partial charge on any atom is -0.477 e. The first-order valence-corrected chi connectivity index (χ1v) is 3.96. The molecular formula is C8H10N2O3. The fraction of sp³-hybridized carbons (Fsp3) is 0.500. The quantitative estimate of drug-likeness (QED) is 0.669. The third kappa shape index (κ3) is 1.07. The lowest BCUT2D eigenvalue weighted by Gasteiger charge is -2.15. The molecule has 0 radical (unpaired) electrons. The minimum absolute atomic E-state index is 0.188. The van der Waals surface area contributed by atoms with Crippen LogP contribution in [0.25, 0.3) is 0 Å².